The first-order valence-corrected chi connectivity index (χ1v) is 11.4. The van der Waals surface area contributed by atoms with Crippen LogP contribution in [0.2, 0.25) is 0 Å². The maximum Gasteiger partial charge on any atom is 0.254 e. The molecule has 29 heavy (non-hydrogen) atoms. The van der Waals surface area contributed by atoms with E-state index in [1.54, 1.807) is 6.20 Å². The van der Waals surface area contributed by atoms with Crippen LogP contribution in [0.1, 0.15) is 55.8 Å². The van der Waals surface area contributed by atoms with Crippen LogP contribution < -0.4 is 4.90 Å². The molecular formula is C23H36N4O2. The summed E-state index contributed by atoms with van der Waals surface area (Å²) in [4.78, 5) is 25.0. The Hall–Kier alpha value is -1.66. The van der Waals surface area contributed by atoms with E-state index in [2.05, 4.69) is 33.7 Å². The molecule has 3 fully saturated rings. The van der Waals surface area contributed by atoms with Gasteiger partial charge >= 0.3 is 0 Å². The van der Waals surface area contributed by atoms with Crippen LogP contribution >= 0.6 is 0 Å². The minimum absolute atomic E-state index is 0.142. The van der Waals surface area contributed by atoms with Gasteiger partial charge in [0.05, 0.1) is 6.10 Å². The average Bonchev–Trinajstić information content (AvgIpc) is 3.26. The van der Waals surface area contributed by atoms with Crippen LogP contribution in [0.3, 0.4) is 0 Å². The van der Waals surface area contributed by atoms with Gasteiger partial charge in [-0.25, -0.2) is 4.98 Å². The van der Waals surface area contributed by atoms with Crippen molar-refractivity contribution in [2.24, 2.45) is 5.92 Å². The van der Waals surface area contributed by atoms with Crippen LogP contribution in [0.4, 0.5) is 5.82 Å². The molecule has 160 valence electrons. The molecule has 1 aromatic heterocycles. The summed E-state index contributed by atoms with van der Waals surface area (Å²) < 4.78 is 5.89. The summed E-state index contributed by atoms with van der Waals surface area (Å²) in [5, 5.41) is 0. The first kappa shape index (κ1) is 20.6. The highest BCUT2D eigenvalue weighted by Crippen LogP contribution is 2.25. The number of piperidine rings is 2. The number of rotatable bonds is 5. The molecule has 0 spiro atoms. The van der Waals surface area contributed by atoms with Crippen molar-refractivity contribution in [3.63, 3.8) is 0 Å². The lowest BCUT2D eigenvalue weighted by Gasteiger charge is -2.38. The Bertz CT molecular complexity index is 683. The number of anilines is 1. The Balaban J connectivity index is 1.52. The maximum atomic E-state index is 13.6. The Morgan fingerprint density at radius 1 is 1.21 bits per heavy atom. The SMILES string of the molecule is C[C@@H]1CCCN(c2cc(C(=O)N(C[C@H]3CCCO3)C3CCN(C)CC3)ccn2)C1. The van der Waals surface area contributed by atoms with Gasteiger partial charge in [0.2, 0.25) is 0 Å². The molecule has 4 heterocycles. The standard InChI is InChI=1S/C23H36N4O2/c1-18-5-3-11-26(16-18)22-15-19(7-10-24-22)23(28)27(17-21-6-4-14-29-21)20-8-12-25(2)13-9-20/h7,10,15,18,20-21H,3-6,8-9,11-14,16-17H2,1-2H3/t18-,21-/m1/s1. The molecule has 3 saturated heterocycles. The van der Waals surface area contributed by atoms with Gasteiger partial charge in [-0.05, 0) is 76.7 Å². The van der Waals surface area contributed by atoms with Crippen molar-refractivity contribution >= 4 is 11.7 Å². The second-order valence-corrected chi connectivity index (χ2v) is 9.22. The largest absolute Gasteiger partial charge is 0.376 e. The van der Waals surface area contributed by atoms with Crippen LogP contribution in [0, 0.1) is 5.92 Å². The molecule has 3 aliphatic heterocycles. The fourth-order valence-electron chi connectivity index (χ4n) is 5.00. The second kappa shape index (κ2) is 9.43. The Kier molecular flexibility index (Phi) is 6.70. The van der Waals surface area contributed by atoms with Crippen molar-refractivity contribution in [3.05, 3.63) is 23.9 Å². The highest BCUT2D eigenvalue weighted by atomic mass is 16.5. The van der Waals surface area contributed by atoms with Gasteiger partial charge in [-0.15, -0.1) is 0 Å². The zero-order chi connectivity index (χ0) is 20.2. The lowest BCUT2D eigenvalue weighted by atomic mass is 10.00. The van der Waals surface area contributed by atoms with Gasteiger partial charge in [-0.2, -0.15) is 0 Å². The van der Waals surface area contributed by atoms with Crippen molar-refractivity contribution in [3.8, 4) is 0 Å². The van der Waals surface area contributed by atoms with E-state index in [4.69, 9.17) is 4.74 Å². The summed E-state index contributed by atoms with van der Waals surface area (Å²) in [6.45, 7) is 7.99. The lowest BCUT2D eigenvalue weighted by Crippen LogP contribution is -2.49. The summed E-state index contributed by atoms with van der Waals surface area (Å²) >= 11 is 0. The topological polar surface area (TPSA) is 48.9 Å². The summed E-state index contributed by atoms with van der Waals surface area (Å²) in [6.07, 6.45) is 8.70. The fourth-order valence-corrected chi connectivity index (χ4v) is 5.00. The monoisotopic (exact) mass is 400 g/mol. The van der Waals surface area contributed by atoms with Gasteiger partial charge in [-0.1, -0.05) is 6.92 Å². The minimum Gasteiger partial charge on any atom is -0.376 e. The molecule has 1 aromatic rings. The summed E-state index contributed by atoms with van der Waals surface area (Å²) in [5.41, 5.74) is 0.769. The second-order valence-electron chi connectivity index (χ2n) is 9.22. The number of ether oxygens (including phenoxy) is 1. The first-order valence-electron chi connectivity index (χ1n) is 11.4. The number of amides is 1. The molecule has 3 aliphatic rings. The number of hydrogen-bond donors (Lipinski definition) is 0. The third kappa shape index (κ3) is 5.10. The van der Waals surface area contributed by atoms with Crippen LogP contribution in [0.5, 0.6) is 0 Å². The third-order valence-corrected chi connectivity index (χ3v) is 6.79. The quantitative estimate of drug-likeness (QED) is 0.760. The van der Waals surface area contributed by atoms with E-state index < -0.39 is 0 Å². The van der Waals surface area contributed by atoms with E-state index in [1.807, 2.05) is 12.1 Å². The van der Waals surface area contributed by atoms with Gasteiger partial charge in [0.25, 0.3) is 5.91 Å². The molecule has 6 heteroatoms. The Labute approximate surface area is 175 Å². The molecule has 4 rings (SSSR count). The van der Waals surface area contributed by atoms with Gasteiger partial charge in [-0.3, -0.25) is 4.79 Å². The zero-order valence-electron chi connectivity index (χ0n) is 18.1. The normalized spacial score (nSPS) is 26.6. The smallest absolute Gasteiger partial charge is 0.254 e. The molecule has 0 aliphatic carbocycles. The van der Waals surface area contributed by atoms with Gasteiger partial charge in [0, 0.05) is 44.0 Å². The minimum atomic E-state index is 0.142. The fraction of sp³-hybridized carbons (Fsp3) is 0.739. The molecule has 0 unspecified atom stereocenters. The third-order valence-electron chi connectivity index (χ3n) is 6.79. The van der Waals surface area contributed by atoms with Crippen molar-refractivity contribution in [2.45, 2.75) is 57.6 Å². The highest BCUT2D eigenvalue weighted by Gasteiger charge is 2.31. The number of carbonyl (C=O) groups is 1. The number of aromatic nitrogens is 1. The molecule has 6 nitrogen and oxygen atoms in total. The lowest BCUT2D eigenvalue weighted by molar-refractivity contribution is 0.0320. The molecule has 0 N–H and O–H groups in total. The molecule has 1 amide bonds. The van der Waals surface area contributed by atoms with Gasteiger partial charge < -0.3 is 19.4 Å². The highest BCUT2D eigenvalue weighted by molar-refractivity contribution is 5.95. The van der Waals surface area contributed by atoms with Gasteiger partial charge in [0.15, 0.2) is 0 Å². The first-order chi connectivity index (χ1) is 14.1. The van der Waals surface area contributed by atoms with E-state index in [0.29, 0.717) is 18.5 Å². The van der Waals surface area contributed by atoms with Crippen LogP contribution in [-0.4, -0.2) is 79.2 Å². The average molecular weight is 401 g/mol. The molecular weight excluding hydrogens is 364 g/mol. The van der Waals surface area contributed by atoms with Gasteiger partial charge in [0.1, 0.15) is 5.82 Å². The molecule has 0 aromatic carbocycles. The summed E-state index contributed by atoms with van der Waals surface area (Å²) in [6, 6.07) is 4.20. The number of pyridine rings is 1. The zero-order valence-corrected chi connectivity index (χ0v) is 18.1. The molecule has 0 radical (unpaired) electrons. The number of carbonyl (C=O) groups excluding carboxylic acids is 1. The molecule has 0 bridgehead atoms. The van der Waals surface area contributed by atoms with Crippen LogP contribution in [0.25, 0.3) is 0 Å². The number of nitrogens with zero attached hydrogens (tertiary/aromatic N) is 4. The molecule has 2 atom stereocenters. The van der Waals surface area contributed by atoms with E-state index >= 15 is 0 Å². The summed E-state index contributed by atoms with van der Waals surface area (Å²) in [7, 11) is 2.16. The number of likely N-dealkylation sites (tertiary alicyclic amines) is 1. The predicted molar refractivity (Wildman–Crippen MR) is 115 cm³/mol. The van der Waals surface area contributed by atoms with Crippen molar-refractivity contribution in [1.82, 2.24) is 14.8 Å². The summed E-state index contributed by atoms with van der Waals surface area (Å²) in [5.74, 6) is 1.77. The Morgan fingerprint density at radius 3 is 2.76 bits per heavy atom. The van der Waals surface area contributed by atoms with Crippen LogP contribution in [0.15, 0.2) is 18.3 Å². The predicted octanol–water partition coefficient (Wildman–Crippen LogP) is 3.03. The Morgan fingerprint density at radius 2 is 2.03 bits per heavy atom. The van der Waals surface area contributed by atoms with Crippen molar-refractivity contribution in [2.75, 3.05) is 51.3 Å². The van der Waals surface area contributed by atoms with E-state index in [-0.39, 0.29) is 12.0 Å². The van der Waals surface area contributed by atoms with Crippen molar-refractivity contribution in [1.29, 1.82) is 0 Å². The van der Waals surface area contributed by atoms with E-state index in [1.165, 1.54) is 12.8 Å². The van der Waals surface area contributed by atoms with Crippen molar-refractivity contribution < 1.29 is 9.53 Å². The van der Waals surface area contributed by atoms with E-state index in [9.17, 15) is 4.79 Å². The maximum absolute atomic E-state index is 13.6. The molecule has 0 saturated carbocycles. The van der Waals surface area contributed by atoms with Crippen LogP contribution in [-0.2, 0) is 4.74 Å². The van der Waals surface area contributed by atoms with E-state index in [0.717, 1.165) is 69.9 Å². The number of hydrogen-bond acceptors (Lipinski definition) is 5.